The highest BCUT2D eigenvalue weighted by Crippen LogP contribution is 2.23. The summed E-state index contributed by atoms with van der Waals surface area (Å²) in [5.41, 5.74) is 2.68. The number of anilines is 1. The number of benzene rings is 2. The minimum Gasteiger partial charge on any atom is -0.451 e. The average Bonchev–Trinajstić information content (AvgIpc) is 3.19. The Morgan fingerprint density at radius 3 is 2.68 bits per heavy atom. The Labute approximate surface area is 145 Å². The molecular weight excluding hydrogens is 316 g/mol. The zero-order valence-corrected chi connectivity index (χ0v) is 13.9. The minimum atomic E-state index is -0.292. The van der Waals surface area contributed by atoms with Crippen molar-refractivity contribution in [1.82, 2.24) is 5.32 Å². The van der Waals surface area contributed by atoms with E-state index in [0.29, 0.717) is 18.5 Å². The molecule has 1 aromatic heterocycles. The number of amides is 2. The fraction of sp³-hybridized carbons (Fsp3) is 0.200. The van der Waals surface area contributed by atoms with Gasteiger partial charge in [-0.25, -0.2) is 0 Å². The summed E-state index contributed by atoms with van der Waals surface area (Å²) in [5.74, 6) is -0.0130. The lowest BCUT2D eigenvalue weighted by Crippen LogP contribution is -2.37. The number of aryl methyl sites for hydroxylation is 1. The Morgan fingerprint density at radius 2 is 1.92 bits per heavy atom. The van der Waals surface area contributed by atoms with Gasteiger partial charge in [0.1, 0.15) is 5.58 Å². The summed E-state index contributed by atoms with van der Waals surface area (Å²) in [5, 5.41) is 3.79. The highest BCUT2D eigenvalue weighted by Gasteiger charge is 2.32. The third-order valence-corrected chi connectivity index (χ3v) is 4.46. The molecule has 5 nitrogen and oxygen atoms in total. The topological polar surface area (TPSA) is 62.6 Å². The van der Waals surface area contributed by atoms with Gasteiger partial charge in [0, 0.05) is 24.0 Å². The first-order valence-corrected chi connectivity index (χ1v) is 8.26. The van der Waals surface area contributed by atoms with Crippen molar-refractivity contribution in [2.75, 3.05) is 11.4 Å². The molecule has 1 saturated heterocycles. The number of rotatable bonds is 3. The summed E-state index contributed by atoms with van der Waals surface area (Å²) in [7, 11) is 0. The summed E-state index contributed by atoms with van der Waals surface area (Å²) in [6, 6.07) is 16.8. The largest absolute Gasteiger partial charge is 0.451 e. The first-order chi connectivity index (χ1) is 12.1. The van der Waals surface area contributed by atoms with Gasteiger partial charge in [-0.1, -0.05) is 35.9 Å². The summed E-state index contributed by atoms with van der Waals surface area (Å²) < 4.78 is 5.58. The van der Waals surface area contributed by atoms with Crippen molar-refractivity contribution in [3.63, 3.8) is 0 Å². The lowest BCUT2D eigenvalue weighted by atomic mass is 10.2. The number of fused-ring (bicyclic) bond motifs is 1. The van der Waals surface area contributed by atoms with Gasteiger partial charge in [-0.2, -0.15) is 0 Å². The second-order valence-electron chi connectivity index (χ2n) is 6.36. The van der Waals surface area contributed by atoms with Crippen LogP contribution in [0, 0.1) is 6.92 Å². The molecule has 1 atom stereocenters. The Morgan fingerprint density at radius 1 is 1.16 bits per heavy atom. The number of furan rings is 1. The van der Waals surface area contributed by atoms with Crippen molar-refractivity contribution in [3.05, 3.63) is 65.9 Å². The second kappa shape index (κ2) is 6.09. The molecule has 1 fully saturated rings. The molecule has 25 heavy (non-hydrogen) atoms. The minimum absolute atomic E-state index is 0.0127. The molecule has 5 heteroatoms. The molecule has 0 spiro atoms. The van der Waals surface area contributed by atoms with Gasteiger partial charge in [0.25, 0.3) is 5.91 Å². The molecule has 2 aromatic carbocycles. The van der Waals surface area contributed by atoms with Gasteiger partial charge in [0.15, 0.2) is 5.76 Å². The Balaban J connectivity index is 1.47. The molecule has 4 rings (SSSR count). The van der Waals surface area contributed by atoms with E-state index in [2.05, 4.69) is 5.32 Å². The predicted octanol–water partition coefficient (Wildman–Crippen LogP) is 3.28. The standard InChI is InChI=1S/C20H18N2O3/c1-13-6-8-16(9-7-13)22-12-15(11-19(22)23)21-20(24)18-10-14-4-2-3-5-17(14)25-18/h2-10,15H,11-12H2,1H3,(H,21,24)/t15-/m1/s1. The van der Waals surface area contributed by atoms with Crippen molar-refractivity contribution in [2.24, 2.45) is 0 Å². The first-order valence-electron chi connectivity index (χ1n) is 8.26. The van der Waals surface area contributed by atoms with Crippen LogP contribution in [0.3, 0.4) is 0 Å². The van der Waals surface area contributed by atoms with Crippen LogP contribution >= 0.6 is 0 Å². The van der Waals surface area contributed by atoms with E-state index in [9.17, 15) is 9.59 Å². The van der Waals surface area contributed by atoms with E-state index in [0.717, 1.165) is 16.6 Å². The van der Waals surface area contributed by atoms with E-state index in [-0.39, 0.29) is 23.6 Å². The van der Waals surface area contributed by atoms with Crippen molar-refractivity contribution < 1.29 is 14.0 Å². The van der Waals surface area contributed by atoms with Crippen LogP contribution < -0.4 is 10.2 Å². The highest BCUT2D eigenvalue weighted by molar-refractivity contribution is 5.99. The van der Waals surface area contributed by atoms with Crippen LogP contribution in [-0.4, -0.2) is 24.4 Å². The van der Waals surface area contributed by atoms with Crippen LogP contribution in [0.5, 0.6) is 0 Å². The van der Waals surface area contributed by atoms with E-state index < -0.39 is 0 Å². The Kier molecular flexibility index (Phi) is 3.76. The Hall–Kier alpha value is -3.08. The lowest BCUT2D eigenvalue weighted by Gasteiger charge is -2.17. The number of hydrogen-bond donors (Lipinski definition) is 1. The summed E-state index contributed by atoms with van der Waals surface area (Å²) in [4.78, 5) is 26.4. The van der Waals surface area contributed by atoms with Gasteiger partial charge in [-0.15, -0.1) is 0 Å². The molecule has 0 radical (unpaired) electrons. The number of nitrogens with one attached hydrogen (secondary N) is 1. The van der Waals surface area contributed by atoms with Gasteiger partial charge >= 0.3 is 0 Å². The summed E-state index contributed by atoms with van der Waals surface area (Å²) >= 11 is 0. The monoisotopic (exact) mass is 334 g/mol. The summed E-state index contributed by atoms with van der Waals surface area (Å²) in [6.45, 7) is 2.47. The SMILES string of the molecule is Cc1ccc(N2C[C@H](NC(=O)c3cc4ccccc4o3)CC2=O)cc1. The predicted molar refractivity (Wildman–Crippen MR) is 95.6 cm³/mol. The van der Waals surface area contributed by atoms with Crippen LogP contribution in [0.2, 0.25) is 0 Å². The van der Waals surface area contributed by atoms with Crippen molar-refractivity contribution in [2.45, 2.75) is 19.4 Å². The zero-order valence-electron chi connectivity index (χ0n) is 13.9. The molecule has 2 amide bonds. The number of carbonyl (C=O) groups excluding carboxylic acids is 2. The fourth-order valence-corrected chi connectivity index (χ4v) is 3.13. The molecule has 0 bridgehead atoms. The maximum atomic E-state index is 12.4. The highest BCUT2D eigenvalue weighted by atomic mass is 16.3. The van der Waals surface area contributed by atoms with Crippen LogP contribution in [-0.2, 0) is 4.79 Å². The van der Waals surface area contributed by atoms with E-state index in [1.165, 1.54) is 0 Å². The van der Waals surface area contributed by atoms with E-state index in [1.807, 2.05) is 55.5 Å². The second-order valence-corrected chi connectivity index (χ2v) is 6.36. The molecule has 0 unspecified atom stereocenters. The van der Waals surface area contributed by atoms with Crippen molar-refractivity contribution in [3.8, 4) is 0 Å². The van der Waals surface area contributed by atoms with Gasteiger partial charge in [0.05, 0.1) is 6.04 Å². The number of hydrogen-bond acceptors (Lipinski definition) is 3. The quantitative estimate of drug-likeness (QED) is 0.799. The number of nitrogens with zero attached hydrogens (tertiary/aromatic N) is 1. The maximum Gasteiger partial charge on any atom is 0.287 e. The molecule has 0 saturated carbocycles. The van der Waals surface area contributed by atoms with Crippen LogP contribution in [0.15, 0.2) is 59.0 Å². The van der Waals surface area contributed by atoms with Gasteiger partial charge < -0.3 is 14.6 Å². The van der Waals surface area contributed by atoms with E-state index in [1.54, 1.807) is 11.0 Å². The van der Waals surface area contributed by atoms with Gasteiger partial charge in [-0.05, 0) is 31.2 Å². The van der Waals surface area contributed by atoms with Gasteiger partial charge in [-0.3, -0.25) is 9.59 Å². The zero-order chi connectivity index (χ0) is 17.4. The molecule has 126 valence electrons. The molecule has 1 aliphatic rings. The Bertz CT molecular complexity index is 910. The third-order valence-electron chi connectivity index (χ3n) is 4.46. The molecule has 1 aliphatic heterocycles. The fourth-order valence-electron chi connectivity index (χ4n) is 3.13. The van der Waals surface area contributed by atoms with Crippen LogP contribution in [0.4, 0.5) is 5.69 Å². The first kappa shape index (κ1) is 15.4. The van der Waals surface area contributed by atoms with E-state index in [4.69, 9.17) is 4.42 Å². The number of carbonyl (C=O) groups is 2. The van der Waals surface area contributed by atoms with E-state index >= 15 is 0 Å². The molecule has 1 N–H and O–H groups in total. The van der Waals surface area contributed by atoms with Crippen molar-refractivity contribution >= 4 is 28.5 Å². The van der Waals surface area contributed by atoms with Crippen molar-refractivity contribution in [1.29, 1.82) is 0 Å². The lowest BCUT2D eigenvalue weighted by molar-refractivity contribution is -0.117. The van der Waals surface area contributed by atoms with Gasteiger partial charge in [0.2, 0.25) is 5.91 Å². The van der Waals surface area contributed by atoms with Crippen LogP contribution in [0.1, 0.15) is 22.5 Å². The number of para-hydroxylation sites is 1. The summed E-state index contributed by atoms with van der Waals surface area (Å²) in [6.07, 6.45) is 0.292. The average molecular weight is 334 g/mol. The maximum absolute atomic E-state index is 12.4. The van der Waals surface area contributed by atoms with Crippen LogP contribution in [0.25, 0.3) is 11.0 Å². The molecule has 0 aliphatic carbocycles. The molecule has 2 heterocycles. The normalized spacial score (nSPS) is 17.2. The third kappa shape index (κ3) is 3.01. The smallest absolute Gasteiger partial charge is 0.287 e. The molecular formula is C20H18N2O3. The molecule has 3 aromatic rings.